The van der Waals surface area contributed by atoms with Crippen LogP contribution in [0.15, 0.2) is 36.8 Å². The van der Waals surface area contributed by atoms with Crippen LogP contribution in [0.4, 0.5) is 11.6 Å². The summed E-state index contributed by atoms with van der Waals surface area (Å²) in [6.07, 6.45) is 9.72. The lowest BCUT2D eigenvalue weighted by Crippen LogP contribution is -2.41. The van der Waals surface area contributed by atoms with Gasteiger partial charge in [0.15, 0.2) is 12.9 Å². The quantitative estimate of drug-likeness (QED) is 0.612. The number of aliphatic hydroxyl groups is 1. The number of aliphatic hydroxyl groups excluding tert-OH is 1. The van der Waals surface area contributed by atoms with E-state index in [1.54, 1.807) is 6.20 Å². The minimum Gasteiger partial charge on any atom is -0.396 e. The first-order valence-electron chi connectivity index (χ1n) is 9.98. The number of hydrogen-bond acceptors (Lipinski definition) is 6. The Morgan fingerprint density at radius 2 is 2.25 bits per heavy atom. The molecule has 0 spiro atoms. The maximum absolute atomic E-state index is 9.48. The van der Waals surface area contributed by atoms with Crippen molar-refractivity contribution in [2.45, 2.75) is 45.1 Å². The van der Waals surface area contributed by atoms with Gasteiger partial charge < -0.3 is 15.3 Å². The molecule has 0 amide bonds. The van der Waals surface area contributed by atoms with Crippen LogP contribution in [0.25, 0.3) is 5.65 Å². The van der Waals surface area contributed by atoms with Crippen LogP contribution >= 0.6 is 0 Å². The van der Waals surface area contributed by atoms with E-state index in [-0.39, 0.29) is 6.61 Å². The van der Waals surface area contributed by atoms with Crippen LogP contribution in [-0.2, 0) is 6.54 Å². The maximum Gasteiger partial charge on any atom is 0.155 e. The molecule has 1 aliphatic heterocycles. The van der Waals surface area contributed by atoms with E-state index in [1.807, 2.05) is 37.1 Å². The van der Waals surface area contributed by atoms with E-state index in [1.165, 1.54) is 6.42 Å². The van der Waals surface area contributed by atoms with Crippen LogP contribution in [0.3, 0.4) is 0 Å². The van der Waals surface area contributed by atoms with E-state index in [4.69, 9.17) is 4.98 Å². The largest absolute Gasteiger partial charge is 0.396 e. The van der Waals surface area contributed by atoms with Crippen molar-refractivity contribution in [2.75, 3.05) is 23.4 Å². The molecule has 2 N–H and O–H groups in total. The molecule has 0 saturated carbocycles. The minimum atomic E-state index is 0.205. The number of nitrogens with one attached hydrogen (secondary N) is 1. The van der Waals surface area contributed by atoms with Crippen LogP contribution in [0.1, 0.15) is 31.2 Å². The number of fused-ring (bicyclic) bond motifs is 1. The number of piperidine rings is 1. The molecular weight excluding hydrogens is 351 g/mol. The zero-order chi connectivity index (χ0) is 19.3. The molecule has 3 aromatic rings. The Bertz CT molecular complexity index is 914. The third kappa shape index (κ3) is 3.82. The van der Waals surface area contributed by atoms with Crippen LogP contribution < -0.4 is 15.7 Å². The normalized spacial score (nSPS) is 17.1. The van der Waals surface area contributed by atoms with Gasteiger partial charge in [-0.15, -0.1) is 0 Å². The van der Waals surface area contributed by atoms with Crippen LogP contribution in [0, 0.1) is 0 Å². The van der Waals surface area contributed by atoms with Crippen molar-refractivity contribution in [3.63, 3.8) is 0 Å². The molecule has 145 valence electrons. The molecule has 0 unspecified atom stereocenters. The van der Waals surface area contributed by atoms with Gasteiger partial charge in [-0.3, -0.25) is 4.98 Å². The summed E-state index contributed by atoms with van der Waals surface area (Å²) in [5.74, 6) is 1.85. The molecule has 4 rings (SSSR count). The Morgan fingerprint density at radius 3 is 3.04 bits per heavy atom. The van der Waals surface area contributed by atoms with Gasteiger partial charge in [0.2, 0.25) is 0 Å². The lowest BCUT2D eigenvalue weighted by molar-refractivity contribution is 0.262. The molecule has 1 fully saturated rings. The van der Waals surface area contributed by atoms with Gasteiger partial charge in [-0.1, -0.05) is 12.9 Å². The highest BCUT2D eigenvalue weighted by Gasteiger charge is 2.24. The Labute approximate surface area is 166 Å². The fraction of sp³-hybridized carbons (Fsp3) is 0.450. The van der Waals surface area contributed by atoms with E-state index in [0.717, 1.165) is 54.1 Å². The standard InChI is InChI=1S/C20H26BN6O/c1-21-17-14-24-27-18(23-13-15-5-4-8-22-12-15)11-19(25-20(17)27)26-9-3-2-6-16(26)7-10-28/h4-5,8,11-12,14,16,23,28H,2-3,6-7,9-10,13H2,1H3/t16-/m0/s1. The molecule has 1 saturated heterocycles. The number of aromatic nitrogens is 4. The van der Waals surface area contributed by atoms with Crippen molar-refractivity contribution >= 4 is 30.0 Å². The number of hydrogen-bond donors (Lipinski definition) is 2. The Balaban J connectivity index is 1.70. The topological polar surface area (TPSA) is 78.6 Å². The molecule has 28 heavy (non-hydrogen) atoms. The zero-order valence-corrected chi connectivity index (χ0v) is 16.3. The van der Waals surface area contributed by atoms with Crippen LogP contribution in [-0.4, -0.2) is 51.2 Å². The summed E-state index contributed by atoms with van der Waals surface area (Å²) in [6, 6.07) is 6.40. The molecule has 0 bridgehead atoms. The van der Waals surface area contributed by atoms with E-state index in [0.29, 0.717) is 12.6 Å². The van der Waals surface area contributed by atoms with Crippen molar-refractivity contribution in [1.29, 1.82) is 0 Å². The Kier molecular flexibility index (Phi) is 5.76. The summed E-state index contributed by atoms with van der Waals surface area (Å²) in [7, 11) is 2.03. The van der Waals surface area contributed by atoms with Crippen LogP contribution in [0.5, 0.6) is 0 Å². The van der Waals surface area contributed by atoms with E-state index >= 15 is 0 Å². The number of nitrogens with zero attached hydrogens (tertiary/aromatic N) is 5. The molecule has 0 aromatic carbocycles. The maximum atomic E-state index is 9.48. The fourth-order valence-corrected chi connectivity index (χ4v) is 3.89. The zero-order valence-electron chi connectivity index (χ0n) is 16.3. The number of rotatable bonds is 7. The smallest absolute Gasteiger partial charge is 0.155 e. The van der Waals surface area contributed by atoms with E-state index in [2.05, 4.69) is 32.4 Å². The van der Waals surface area contributed by atoms with Crippen molar-refractivity contribution in [3.05, 3.63) is 42.4 Å². The third-order valence-corrected chi connectivity index (χ3v) is 5.38. The summed E-state index contributed by atoms with van der Waals surface area (Å²) in [5, 5.41) is 17.5. The summed E-state index contributed by atoms with van der Waals surface area (Å²) < 4.78 is 1.86. The summed E-state index contributed by atoms with van der Waals surface area (Å²) >= 11 is 0. The molecular formula is C20H26BN6O. The first kappa shape index (κ1) is 18.7. The van der Waals surface area contributed by atoms with Crippen molar-refractivity contribution < 1.29 is 5.11 Å². The number of pyridine rings is 1. The van der Waals surface area contributed by atoms with Crippen LogP contribution in [0.2, 0.25) is 6.82 Å². The SMILES string of the molecule is C[B]c1cnn2c(NCc3cccnc3)cc(N3CCCC[C@H]3CCO)nc12. The second-order valence-corrected chi connectivity index (χ2v) is 7.19. The van der Waals surface area contributed by atoms with Crippen molar-refractivity contribution in [3.8, 4) is 0 Å². The van der Waals surface area contributed by atoms with Gasteiger partial charge in [0.1, 0.15) is 11.6 Å². The molecule has 1 radical (unpaired) electrons. The van der Waals surface area contributed by atoms with E-state index in [9.17, 15) is 5.11 Å². The van der Waals surface area contributed by atoms with Gasteiger partial charge >= 0.3 is 0 Å². The Hall–Kier alpha value is -2.61. The molecule has 4 heterocycles. The highest BCUT2D eigenvalue weighted by atomic mass is 16.3. The highest BCUT2D eigenvalue weighted by Crippen LogP contribution is 2.27. The second kappa shape index (κ2) is 8.60. The summed E-state index contributed by atoms with van der Waals surface area (Å²) in [5.41, 5.74) is 2.98. The summed E-state index contributed by atoms with van der Waals surface area (Å²) in [6.45, 7) is 3.84. The lowest BCUT2D eigenvalue weighted by atomic mass is 9.75. The summed E-state index contributed by atoms with van der Waals surface area (Å²) in [4.78, 5) is 11.5. The lowest BCUT2D eigenvalue weighted by Gasteiger charge is -2.36. The molecule has 7 nitrogen and oxygen atoms in total. The van der Waals surface area contributed by atoms with Crippen molar-refractivity contribution in [1.82, 2.24) is 19.6 Å². The molecule has 8 heteroatoms. The predicted octanol–water partition coefficient (Wildman–Crippen LogP) is 1.86. The average molecular weight is 377 g/mol. The molecule has 1 atom stereocenters. The molecule has 3 aromatic heterocycles. The van der Waals surface area contributed by atoms with Gasteiger partial charge in [-0.25, -0.2) is 4.98 Å². The fourth-order valence-electron chi connectivity index (χ4n) is 3.89. The first-order valence-corrected chi connectivity index (χ1v) is 9.98. The second-order valence-electron chi connectivity index (χ2n) is 7.19. The van der Waals surface area contributed by atoms with Gasteiger partial charge in [0.25, 0.3) is 0 Å². The van der Waals surface area contributed by atoms with Gasteiger partial charge in [0, 0.05) is 50.4 Å². The average Bonchev–Trinajstić information content (AvgIpc) is 3.16. The van der Waals surface area contributed by atoms with Gasteiger partial charge in [-0.05, 0) is 42.8 Å². The van der Waals surface area contributed by atoms with E-state index < -0.39 is 0 Å². The monoisotopic (exact) mass is 377 g/mol. The molecule has 1 aliphatic rings. The van der Waals surface area contributed by atoms with Crippen molar-refractivity contribution in [2.24, 2.45) is 0 Å². The minimum absolute atomic E-state index is 0.205. The van der Waals surface area contributed by atoms with Gasteiger partial charge in [0.05, 0.1) is 0 Å². The Morgan fingerprint density at radius 1 is 1.32 bits per heavy atom. The van der Waals surface area contributed by atoms with Gasteiger partial charge in [-0.2, -0.15) is 9.61 Å². The molecule has 0 aliphatic carbocycles. The number of anilines is 2. The third-order valence-electron chi connectivity index (χ3n) is 5.38. The first-order chi connectivity index (χ1) is 13.8. The predicted molar refractivity (Wildman–Crippen MR) is 112 cm³/mol. The highest BCUT2D eigenvalue weighted by molar-refractivity contribution is 6.54.